The van der Waals surface area contributed by atoms with E-state index >= 15 is 0 Å². The molecule has 0 unspecified atom stereocenters. The summed E-state index contributed by atoms with van der Waals surface area (Å²) in [6.07, 6.45) is 0. The van der Waals surface area contributed by atoms with Crippen LogP contribution in [-0.4, -0.2) is 18.6 Å². The van der Waals surface area contributed by atoms with E-state index in [0.29, 0.717) is 0 Å². The van der Waals surface area contributed by atoms with E-state index in [2.05, 4.69) is 74.8 Å². The van der Waals surface area contributed by atoms with Gasteiger partial charge < -0.3 is 14.6 Å². The maximum Gasteiger partial charge on any atom is 0.104 e. The van der Waals surface area contributed by atoms with Crippen molar-refractivity contribution in [3.05, 3.63) is 81.9 Å². The molecule has 0 spiro atoms. The van der Waals surface area contributed by atoms with Crippen LogP contribution in [0.3, 0.4) is 0 Å². The molecule has 106 valence electrons. The molecule has 0 N–H and O–H groups in total. The summed E-state index contributed by atoms with van der Waals surface area (Å²) in [5, 5.41) is 9.00. The van der Waals surface area contributed by atoms with Gasteiger partial charge in [0, 0.05) is 11.1 Å². The predicted octanol–water partition coefficient (Wildman–Crippen LogP) is 3.71. The Balaban J connectivity index is 0.000000612. The van der Waals surface area contributed by atoms with E-state index in [9.17, 15) is 0 Å². The van der Waals surface area contributed by atoms with Gasteiger partial charge in [0.15, 0.2) is 0 Å². The third-order valence-corrected chi connectivity index (χ3v) is 2.91. The van der Waals surface area contributed by atoms with Crippen molar-refractivity contribution in [1.82, 2.24) is 0 Å². The molecule has 2 aromatic rings. The summed E-state index contributed by atoms with van der Waals surface area (Å²) in [5.74, 6) is 0. The van der Waals surface area contributed by atoms with Gasteiger partial charge in [-0.2, -0.15) is 0 Å². The van der Waals surface area contributed by atoms with Gasteiger partial charge in [-0.05, 0) is 0 Å². The zero-order valence-electron chi connectivity index (χ0n) is 11.9. The van der Waals surface area contributed by atoms with Gasteiger partial charge >= 0.3 is 0 Å². The first kappa shape index (κ1) is 15.9. The molecule has 0 saturated heterocycles. The Morgan fingerprint density at radius 3 is 1.45 bits per heavy atom. The highest BCUT2D eigenvalue weighted by atomic mass is 16.6. The number of quaternary nitrogens is 1. The highest BCUT2D eigenvalue weighted by Gasteiger charge is 2.16. The van der Waals surface area contributed by atoms with Gasteiger partial charge in [0.1, 0.15) is 13.1 Å². The summed E-state index contributed by atoms with van der Waals surface area (Å²) >= 11 is 0. The van der Waals surface area contributed by atoms with Crippen LogP contribution in [0.2, 0.25) is 0 Å². The maximum atomic E-state index is 8.00. The molecule has 2 rings (SSSR count). The lowest BCUT2D eigenvalue weighted by Crippen LogP contribution is -2.37. The fourth-order valence-corrected chi connectivity index (χ4v) is 2.21. The average Bonchev–Trinajstić information content (AvgIpc) is 2.40. The molecule has 0 bridgehead atoms. The molecule has 0 aliphatic carbocycles. The van der Waals surface area contributed by atoms with E-state index in [1.165, 1.54) is 11.1 Å². The quantitative estimate of drug-likeness (QED) is 0.484. The van der Waals surface area contributed by atoms with Crippen molar-refractivity contribution >= 4 is 0 Å². The van der Waals surface area contributed by atoms with E-state index in [1.54, 1.807) is 0 Å². The average molecular weight is 272 g/mol. The second kappa shape index (κ2) is 8.07. The third-order valence-electron chi connectivity index (χ3n) is 2.91. The van der Waals surface area contributed by atoms with E-state index in [0.717, 1.165) is 22.9 Å². The Labute approximate surface area is 119 Å². The molecule has 0 amide bonds. The summed E-state index contributed by atoms with van der Waals surface area (Å²) in [4.78, 5) is 8.00. The van der Waals surface area contributed by atoms with E-state index in [1.807, 2.05) is 0 Å². The number of benzene rings is 2. The fourth-order valence-electron chi connectivity index (χ4n) is 2.21. The Kier molecular flexibility index (Phi) is 6.40. The van der Waals surface area contributed by atoms with Crippen LogP contribution in [0.1, 0.15) is 11.1 Å². The topological polar surface area (TPSA) is 52.5 Å². The minimum absolute atomic E-state index is 0.980. The lowest BCUT2D eigenvalue weighted by atomic mass is 10.1. The second-order valence-corrected chi connectivity index (χ2v) is 5.30. The van der Waals surface area contributed by atoms with Crippen molar-refractivity contribution in [2.45, 2.75) is 13.1 Å². The molecule has 2 aromatic carbocycles. The molecule has 0 aliphatic heterocycles. The molecule has 4 heteroatoms. The van der Waals surface area contributed by atoms with Crippen LogP contribution in [0.4, 0.5) is 0 Å². The van der Waals surface area contributed by atoms with Gasteiger partial charge in [-0.25, -0.2) is 0 Å². The molecule has 0 atom stereocenters. The van der Waals surface area contributed by atoms with Crippen molar-refractivity contribution in [2.24, 2.45) is 5.34 Å². The number of nitrogens with zero attached hydrogens (tertiary/aromatic N) is 2. The number of rotatable bonds is 4. The molecule has 0 aliphatic rings. The number of hydrogen-bond acceptors (Lipinski definition) is 3. The minimum atomic E-state index is 0.980. The van der Waals surface area contributed by atoms with E-state index in [4.69, 9.17) is 10.1 Å². The molecule has 0 fully saturated rings. The molecule has 0 saturated carbocycles. The summed E-state index contributed by atoms with van der Waals surface area (Å²) in [5.41, 5.74) is 2.79. The Bertz CT molecular complexity index is 455. The van der Waals surface area contributed by atoms with Gasteiger partial charge in [0.2, 0.25) is 0 Å². The van der Waals surface area contributed by atoms with Crippen LogP contribution >= 0.6 is 0 Å². The largest absolute Gasteiger partial charge is 0.444 e. The second-order valence-electron chi connectivity index (χ2n) is 5.30. The van der Waals surface area contributed by atoms with Crippen molar-refractivity contribution in [3.8, 4) is 0 Å². The van der Waals surface area contributed by atoms with Crippen LogP contribution in [0, 0.1) is 10.1 Å². The molecule has 20 heavy (non-hydrogen) atoms. The van der Waals surface area contributed by atoms with Gasteiger partial charge in [0.05, 0.1) is 14.1 Å². The molecular formula is C16H20N2O2. The van der Waals surface area contributed by atoms with Crippen molar-refractivity contribution in [2.75, 3.05) is 14.1 Å². The Morgan fingerprint density at radius 2 is 1.15 bits per heavy atom. The first-order chi connectivity index (χ1) is 9.57. The van der Waals surface area contributed by atoms with E-state index < -0.39 is 0 Å². The molecule has 0 radical (unpaired) electrons. The Hall–Kier alpha value is -2.20. The van der Waals surface area contributed by atoms with Crippen LogP contribution < -0.4 is 0 Å². The van der Waals surface area contributed by atoms with Gasteiger partial charge in [-0.1, -0.05) is 60.7 Å². The summed E-state index contributed by atoms with van der Waals surface area (Å²) in [6, 6.07) is 21.4. The minimum Gasteiger partial charge on any atom is -0.444 e. The van der Waals surface area contributed by atoms with Gasteiger partial charge in [-0.15, -0.1) is 5.34 Å². The predicted molar refractivity (Wildman–Crippen MR) is 81.6 cm³/mol. The standard InChI is InChI=1S/C16H20N.HNO2/c1-17(2,13-15-9-5-3-6-10-15)14-16-11-7-4-8-12-16;2-1-3/h3-12H,13-14H2,1-2H3;(H,2,3)/q+1;/p-1. The zero-order chi connectivity index (χ0) is 14.8. The van der Waals surface area contributed by atoms with Crippen LogP contribution in [0.25, 0.3) is 0 Å². The van der Waals surface area contributed by atoms with E-state index in [-0.39, 0.29) is 0 Å². The normalized spacial score (nSPS) is 10.3. The summed E-state index contributed by atoms with van der Waals surface area (Å²) in [6.45, 7) is 2.13. The van der Waals surface area contributed by atoms with Crippen molar-refractivity contribution in [1.29, 1.82) is 0 Å². The molecule has 4 nitrogen and oxygen atoms in total. The maximum absolute atomic E-state index is 8.00. The molecule has 0 aromatic heterocycles. The van der Waals surface area contributed by atoms with Gasteiger partial charge in [0.25, 0.3) is 0 Å². The lowest BCUT2D eigenvalue weighted by molar-refractivity contribution is -0.916. The Morgan fingerprint density at radius 1 is 0.850 bits per heavy atom. The first-order valence-electron chi connectivity index (χ1n) is 6.42. The lowest BCUT2D eigenvalue weighted by Gasteiger charge is -2.30. The van der Waals surface area contributed by atoms with Crippen LogP contribution in [-0.2, 0) is 13.1 Å². The zero-order valence-corrected chi connectivity index (χ0v) is 11.9. The molecule has 0 heterocycles. The van der Waals surface area contributed by atoms with Crippen molar-refractivity contribution < 1.29 is 4.48 Å². The third kappa shape index (κ3) is 6.11. The molecular weight excluding hydrogens is 252 g/mol. The fraction of sp³-hybridized carbons (Fsp3) is 0.250. The van der Waals surface area contributed by atoms with Gasteiger partial charge in [-0.3, -0.25) is 0 Å². The highest BCUT2D eigenvalue weighted by Crippen LogP contribution is 2.14. The summed E-state index contributed by atoms with van der Waals surface area (Å²) < 4.78 is 0.980. The SMILES string of the molecule is C[N+](C)(Cc1ccccc1)Cc1ccccc1.O=N[O-]. The summed E-state index contributed by atoms with van der Waals surface area (Å²) in [7, 11) is 4.56. The van der Waals surface area contributed by atoms with Crippen molar-refractivity contribution in [3.63, 3.8) is 0 Å². The number of hydrogen-bond donors (Lipinski definition) is 0. The van der Waals surface area contributed by atoms with Crippen LogP contribution in [0.15, 0.2) is 66.0 Å². The smallest absolute Gasteiger partial charge is 0.104 e. The first-order valence-corrected chi connectivity index (χ1v) is 6.42. The highest BCUT2D eigenvalue weighted by molar-refractivity contribution is 5.15. The monoisotopic (exact) mass is 272 g/mol. The van der Waals surface area contributed by atoms with Crippen LogP contribution in [0.5, 0.6) is 0 Å².